The number of aryl methyl sites for hydroxylation is 1. The molecule has 1 N–H and O–H groups in total. The van der Waals surface area contributed by atoms with Gasteiger partial charge in [0.15, 0.2) is 0 Å². The van der Waals surface area contributed by atoms with Gasteiger partial charge in [0, 0.05) is 13.1 Å². The number of sulfonamides is 1. The number of aromatic nitrogens is 1. The fraction of sp³-hybridized carbons (Fsp3) is 0.353. The number of nitrogens with one attached hydrogen (secondary N) is 1. The molecule has 0 aliphatic carbocycles. The molecule has 25 heavy (non-hydrogen) atoms. The van der Waals surface area contributed by atoms with Gasteiger partial charge in [-0.25, -0.2) is 13.4 Å². The van der Waals surface area contributed by atoms with Gasteiger partial charge in [0.05, 0.1) is 37.1 Å². The molecule has 1 aliphatic rings. The Labute approximate surface area is 147 Å². The Morgan fingerprint density at radius 2 is 1.96 bits per heavy atom. The maximum atomic E-state index is 12.5. The first-order valence-corrected chi connectivity index (χ1v) is 9.44. The summed E-state index contributed by atoms with van der Waals surface area (Å²) in [5.74, 6) is 0.928. The first-order chi connectivity index (χ1) is 12.0. The second-order valence-corrected chi connectivity index (χ2v) is 7.42. The molecule has 0 unspecified atom stereocenters. The van der Waals surface area contributed by atoms with Gasteiger partial charge in [0.25, 0.3) is 10.0 Å². The van der Waals surface area contributed by atoms with E-state index in [2.05, 4.69) is 14.6 Å². The van der Waals surface area contributed by atoms with Crippen LogP contribution in [0.3, 0.4) is 0 Å². The molecule has 0 atom stereocenters. The lowest BCUT2D eigenvalue weighted by atomic mass is 10.2. The van der Waals surface area contributed by atoms with Gasteiger partial charge in [0.1, 0.15) is 11.6 Å². The van der Waals surface area contributed by atoms with E-state index in [0.717, 1.165) is 24.3 Å². The molecule has 1 aromatic carbocycles. The molecular formula is C17H21N3O4S. The highest BCUT2D eigenvalue weighted by Crippen LogP contribution is 2.23. The van der Waals surface area contributed by atoms with Crippen LogP contribution in [0.15, 0.2) is 41.4 Å². The van der Waals surface area contributed by atoms with E-state index in [4.69, 9.17) is 9.47 Å². The summed E-state index contributed by atoms with van der Waals surface area (Å²) in [5.41, 5.74) is 1.70. The summed E-state index contributed by atoms with van der Waals surface area (Å²) in [6, 6.07) is 8.24. The molecule has 0 bridgehead atoms. The normalized spacial score (nSPS) is 15.0. The third-order valence-electron chi connectivity index (χ3n) is 4.04. The van der Waals surface area contributed by atoms with Crippen molar-refractivity contribution in [1.82, 2.24) is 4.98 Å². The molecule has 0 spiro atoms. The van der Waals surface area contributed by atoms with Crippen LogP contribution in [0.1, 0.15) is 5.56 Å². The molecule has 1 fully saturated rings. The van der Waals surface area contributed by atoms with Crippen LogP contribution in [-0.4, -0.2) is 46.8 Å². The lowest BCUT2D eigenvalue weighted by molar-refractivity contribution is 0.122. The summed E-state index contributed by atoms with van der Waals surface area (Å²) in [6.45, 7) is 4.78. The first kappa shape index (κ1) is 17.5. The van der Waals surface area contributed by atoms with E-state index in [1.807, 2.05) is 6.07 Å². The number of anilines is 2. The number of methoxy groups -OCH3 is 1. The molecule has 7 nitrogen and oxygen atoms in total. The van der Waals surface area contributed by atoms with Crippen molar-refractivity contribution >= 4 is 21.5 Å². The fourth-order valence-electron chi connectivity index (χ4n) is 2.67. The van der Waals surface area contributed by atoms with E-state index in [-0.39, 0.29) is 10.7 Å². The number of hydrogen-bond donors (Lipinski definition) is 1. The number of nitrogens with zero attached hydrogens (tertiary/aromatic N) is 2. The Kier molecular flexibility index (Phi) is 5.10. The standard InChI is InChI=1S/C17H21N3O4S/c1-13-11-15(4-5-16(13)23-2)25(21,22)19-17-6-3-14(12-18-17)20-7-9-24-10-8-20/h3-6,11-12H,7-10H2,1-2H3,(H,18,19). The zero-order chi connectivity index (χ0) is 17.9. The van der Waals surface area contributed by atoms with Crippen molar-refractivity contribution in [2.75, 3.05) is 43.0 Å². The molecule has 1 aromatic heterocycles. The monoisotopic (exact) mass is 363 g/mol. The van der Waals surface area contributed by atoms with Gasteiger partial charge < -0.3 is 14.4 Å². The number of pyridine rings is 1. The SMILES string of the molecule is COc1ccc(S(=O)(=O)Nc2ccc(N3CCOCC3)cn2)cc1C. The molecule has 2 aromatic rings. The smallest absolute Gasteiger partial charge is 0.263 e. The largest absolute Gasteiger partial charge is 0.496 e. The number of benzene rings is 1. The highest BCUT2D eigenvalue weighted by molar-refractivity contribution is 7.92. The van der Waals surface area contributed by atoms with Crippen molar-refractivity contribution in [2.24, 2.45) is 0 Å². The van der Waals surface area contributed by atoms with Crippen LogP contribution in [0.5, 0.6) is 5.75 Å². The second kappa shape index (κ2) is 7.28. The van der Waals surface area contributed by atoms with E-state index in [1.165, 1.54) is 6.07 Å². The van der Waals surface area contributed by atoms with Gasteiger partial charge in [-0.3, -0.25) is 4.72 Å². The molecule has 2 heterocycles. The summed E-state index contributed by atoms with van der Waals surface area (Å²) in [7, 11) is -2.15. The van der Waals surface area contributed by atoms with Crippen molar-refractivity contribution in [1.29, 1.82) is 0 Å². The molecular weight excluding hydrogens is 342 g/mol. The minimum atomic E-state index is -3.70. The van der Waals surface area contributed by atoms with Crippen molar-refractivity contribution in [3.8, 4) is 5.75 Å². The topological polar surface area (TPSA) is 80.8 Å². The van der Waals surface area contributed by atoms with Crippen LogP contribution in [-0.2, 0) is 14.8 Å². The van der Waals surface area contributed by atoms with Gasteiger partial charge in [-0.1, -0.05) is 0 Å². The average Bonchev–Trinajstić information content (AvgIpc) is 2.62. The maximum absolute atomic E-state index is 12.5. The van der Waals surface area contributed by atoms with Crippen LogP contribution in [0, 0.1) is 6.92 Å². The van der Waals surface area contributed by atoms with E-state index >= 15 is 0 Å². The van der Waals surface area contributed by atoms with Crippen LogP contribution in [0.4, 0.5) is 11.5 Å². The second-order valence-electron chi connectivity index (χ2n) is 5.74. The van der Waals surface area contributed by atoms with Crippen LogP contribution in [0.2, 0.25) is 0 Å². The average molecular weight is 363 g/mol. The summed E-state index contributed by atoms with van der Waals surface area (Å²) in [5, 5.41) is 0. The highest BCUT2D eigenvalue weighted by atomic mass is 32.2. The van der Waals surface area contributed by atoms with Gasteiger partial charge in [-0.05, 0) is 42.8 Å². The van der Waals surface area contributed by atoms with E-state index in [1.54, 1.807) is 38.4 Å². The molecule has 134 valence electrons. The van der Waals surface area contributed by atoms with E-state index in [0.29, 0.717) is 19.0 Å². The third kappa shape index (κ3) is 4.02. The Bertz CT molecular complexity index is 831. The molecule has 0 radical (unpaired) electrons. The summed E-state index contributed by atoms with van der Waals surface area (Å²) < 4.78 is 38.0. The summed E-state index contributed by atoms with van der Waals surface area (Å²) >= 11 is 0. The van der Waals surface area contributed by atoms with Gasteiger partial charge in [0.2, 0.25) is 0 Å². The maximum Gasteiger partial charge on any atom is 0.263 e. The number of rotatable bonds is 5. The number of morpholine rings is 1. The minimum absolute atomic E-state index is 0.171. The zero-order valence-electron chi connectivity index (χ0n) is 14.2. The predicted octanol–water partition coefficient (Wildman–Crippen LogP) is 2.04. The van der Waals surface area contributed by atoms with Gasteiger partial charge in [-0.15, -0.1) is 0 Å². The van der Waals surface area contributed by atoms with Crippen LogP contribution in [0.25, 0.3) is 0 Å². The Balaban J connectivity index is 1.75. The van der Waals surface area contributed by atoms with E-state index in [9.17, 15) is 8.42 Å². The lowest BCUT2D eigenvalue weighted by Gasteiger charge is -2.28. The summed E-state index contributed by atoms with van der Waals surface area (Å²) in [4.78, 5) is 6.55. The number of ether oxygens (including phenoxy) is 2. The zero-order valence-corrected chi connectivity index (χ0v) is 15.0. The van der Waals surface area contributed by atoms with Crippen molar-refractivity contribution in [2.45, 2.75) is 11.8 Å². The molecule has 3 rings (SSSR count). The van der Waals surface area contributed by atoms with Gasteiger partial charge in [-0.2, -0.15) is 0 Å². The molecule has 8 heteroatoms. The first-order valence-electron chi connectivity index (χ1n) is 7.96. The van der Waals surface area contributed by atoms with Gasteiger partial charge >= 0.3 is 0 Å². The molecule has 1 aliphatic heterocycles. The van der Waals surface area contributed by atoms with Crippen molar-refractivity contribution in [3.63, 3.8) is 0 Å². The van der Waals surface area contributed by atoms with Crippen LogP contribution < -0.4 is 14.4 Å². The quantitative estimate of drug-likeness (QED) is 0.876. The molecule has 0 amide bonds. The highest BCUT2D eigenvalue weighted by Gasteiger charge is 2.17. The lowest BCUT2D eigenvalue weighted by Crippen LogP contribution is -2.36. The molecule has 1 saturated heterocycles. The Hall–Kier alpha value is -2.32. The Morgan fingerprint density at radius 1 is 1.20 bits per heavy atom. The summed E-state index contributed by atoms with van der Waals surface area (Å²) in [6.07, 6.45) is 1.67. The Morgan fingerprint density at radius 3 is 2.56 bits per heavy atom. The van der Waals surface area contributed by atoms with E-state index < -0.39 is 10.0 Å². The van der Waals surface area contributed by atoms with Crippen molar-refractivity contribution in [3.05, 3.63) is 42.1 Å². The third-order valence-corrected chi connectivity index (χ3v) is 5.39. The van der Waals surface area contributed by atoms with Crippen molar-refractivity contribution < 1.29 is 17.9 Å². The fourth-order valence-corrected chi connectivity index (χ4v) is 3.76. The number of hydrogen-bond acceptors (Lipinski definition) is 6. The predicted molar refractivity (Wildman–Crippen MR) is 95.8 cm³/mol. The molecule has 0 saturated carbocycles. The van der Waals surface area contributed by atoms with Crippen LogP contribution >= 0.6 is 0 Å². The minimum Gasteiger partial charge on any atom is -0.496 e.